The van der Waals surface area contributed by atoms with E-state index < -0.39 is 0 Å². The van der Waals surface area contributed by atoms with Crippen LogP contribution in [0.4, 0.5) is 0 Å². The molecule has 0 aromatic rings. The highest BCUT2D eigenvalue weighted by molar-refractivity contribution is 5.74. The molecule has 6 fully saturated rings. The van der Waals surface area contributed by atoms with Gasteiger partial charge in [-0.1, -0.05) is 13.0 Å². The quantitative estimate of drug-likeness (QED) is 0.335. The summed E-state index contributed by atoms with van der Waals surface area (Å²) in [6.45, 7) is 6.24. The van der Waals surface area contributed by atoms with Crippen LogP contribution in [-0.4, -0.2) is 23.8 Å². The van der Waals surface area contributed by atoms with Crippen molar-refractivity contribution in [3.8, 4) is 0 Å². The summed E-state index contributed by atoms with van der Waals surface area (Å²) in [5.41, 5.74) is 0.686. The number of carbonyl (C=O) groups excluding carboxylic acids is 1. The van der Waals surface area contributed by atoms with Crippen molar-refractivity contribution in [2.75, 3.05) is 0 Å². The molecule has 9 unspecified atom stereocenters. The van der Waals surface area contributed by atoms with Crippen molar-refractivity contribution < 1.29 is 14.3 Å². The Labute approximate surface area is 150 Å². The fraction of sp³-hybridized carbons (Fsp3) is 0.864. The Hall–Kier alpha value is -0.830. The Kier molecular flexibility index (Phi) is 2.99. The van der Waals surface area contributed by atoms with Gasteiger partial charge >= 0.3 is 5.97 Å². The van der Waals surface area contributed by atoms with Crippen LogP contribution in [0.5, 0.6) is 0 Å². The van der Waals surface area contributed by atoms with E-state index in [1.54, 1.807) is 0 Å². The average Bonchev–Trinajstić information content (AvgIpc) is 2.95. The summed E-state index contributed by atoms with van der Waals surface area (Å²) in [6, 6.07) is 0. The van der Waals surface area contributed by atoms with E-state index in [0.29, 0.717) is 18.1 Å². The zero-order valence-electron chi connectivity index (χ0n) is 15.3. The minimum absolute atomic E-state index is 0.104. The van der Waals surface area contributed by atoms with Crippen LogP contribution in [0, 0.1) is 41.4 Å². The normalized spacial score (nSPS) is 53.4. The number of fused-ring (bicyclic) bond motifs is 12. The first-order chi connectivity index (χ1) is 12.1. The summed E-state index contributed by atoms with van der Waals surface area (Å²) >= 11 is 0. The lowest BCUT2D eigenvalue weighted by molar-refractivity contribution is -0.167. The highest BCUT2D eigenvalue weighted by Gasteiger charge is 2.74. The summed E-state index contributed by atoms with van der Waals surface area (Å²) in [5.74, 6) is 4.81. The molecule has 136 valence electrons. The first kappa shape index (κ1) is 15.2. The van der Waals surface area contributed by atoms with Crippen molar-refractivity contribution in [2.24, 2.45) is 41.4 Å². The van der Waals surface area contributed by atoms with E-state index >= 15 is 0 Å². The topological polar surface area (TPSA) is 38.8 Å². The SMILES string of the molecule is C=C(C)C1(OC(=O)C2CC3CC2C2C4CC(C5OC45)C32)CCCCC1. The van der Waals surface area contributed by atoms with Crippen LogP contribution < -0.4 is 0 Å². The lowest BCUT2D eigenvalue weighted by Gasteiger charge is -2.41. The molecule has 5 aliphatic carbocycles. The molecule has 0 N–H and O–H groups in total. The Morgan fingerprint density at radius 3 is 2.44 bits per heavy atom. The number of hydrogen-bond acceptors (Lipinski definition) is 3. The van der Waals surface area contributed by atoms with Gasteiger partial charge in [-0.15, -0.1) is 0 Å². The van der Waals surface area contributed by atoms with Crippen LogP contribution >= 0.6 is 0 Å². The molecule has 1 aliphatic heterocycles. The minimum atomic E-state index is -0.365. The molecule has 5 saturated carbocycles. The molecular weight excluding hydrogens is 312 g/mol. The molecule has 25 heavy (non-hydrogen) atoms. The highest BCUT2D eigenvalue weighted by atomic mass is 16.6. The van der Waals surface area contributed by atoms with Crippen LogP contribution in [0.2, 0.25) is 0 Å². The average molecular weight is 342 g/mol. The van der Waals surface area contributed by atoms with Gasteiger partial charge in [0, 0.05) is 0 Å². The van der Waals surface area contributed by atoms with E-state index in [1.807, 2.05) is 0 Å². The number of hydrogen-bond donors (Lipinski definition) is 0. The Morgan fingerprint density at radius 2 is 1.72 bits per heavy atom. The van der Waals surface area contributed by atoms with E-state index in [4.69, 9.17) is 9.47 Å². The van der Waals surface area contributed by atoms with E-state index in [1.165, 1.54) is 19.3 Å². The summed E-state index contributed by atoms with van der Waals surface area (Å²) in [5, 5.41) is 0. The molecule has 0 aromatic heterocycles. The number of ether oxygens (including phenoxy) is 2. The van der Waals surface area contributed by atoms with E-state index in [9.17, 15) is 4.79 Å². The molecule has 4 bridgehead atoms. The van der Waals surface area contributed by atoms with Crippen LogP contribution in [0.15, 0.2) is 12.2 Å². The molecule has 9 atom stereocenters. The van der Waals surface area contributed by atoms with Crippen molar-refractivity contribution >= 4 is 5.97 Å². The molecule has 0 aromatic carbocycles. The smallest absolute Gasteiger partial charge is 0.310 e. The van der Waals surface area contributed by atoms with Crippen molar-refractivity contribution in [1.82, 2.24) is 0 Å². The van der Waals surface area contributed by atoms with Crippen LogP contribution in [0.3, 0.4) is 0 Å². The van der Waals surface area contributed by atoms with Gasteiger partial charge in [0.1, 0.15) is 5.60 Å². The molecule has 0 radical (unpaired) electrons. The first-order valence-electron chi connectivity index (χ1n) is 10.6. The number of carbonyl (C=O) groups is 1. The highest BCUT2D eigenvalue weighted by Crippen LogP contribution is 2.73. The standard InChI is InChI=1S/C22H30O3/c1-11(2)22(6-4-3-5-7-22)25-21(23)14-9-12-8-13(14)18-16-10-15(17(12)18)19-20(16)24-19/h12-20H,1,3-10H2,2H3. The van der Waals surface area contributed by atoms with Gasteiger partial charge in [-0.2, -0.15) is 0 Å². The van der Waals surface area contributed by atoms with Gasteiger partial charge in [-0.3, -0.25) is 4.79 Å². The molecule has 6 aliphatic rings. The van der Waals surface area contributed by atoms with Gasteiger partial charge in [0.05, 0.1) is 18.1 Å². The minimum Gasteiger partial charge on any atom is -0.454 e. The van der Waals surface area contributed by atoms with Crippen LogP contribution in [0.1, 0.15) is 58.3 Å². The van der Waals surface area contributed by atoms with Crippen molar-refractivity contribution in [3.05, 3.63) is 12.2 Å². The summed E-state index contributed by atoms with van der Waals surface area (Å²) in [6.07, 6.45) is 10.4. The summed E-state index contributed by atoms with van der Waals surface area (Å²) in [7, 11) is 0. The lowest BCUT2D eigenvalue weighted by atomic mass is 9.67. The summed E-state index contributed by atoms with van der Waals surface area (Å²) in [4.78, 5) is 13.2. The Bertz CT molecular complexity index is 633. The van der Waals surface area contributed by atoms with Crippen LogP contribution in [-0.2, 0) is 14.3 Å². The zero-order chi connectivity index (χ0) is 16.9. The van der Waals surface area contributed by atoms with Crippen molar-refractivity contribution in [1.29, 1.82) is 0 Å². The van der Waals surface area contributed by atoms with E-state index in [0.717, 1.165) is 67.3 Å². The molecule has 0 spiro atoms. The Morgan fingerprint density at radius 1 is 1.00 bits per heavy atom. The van der Waals surface area contributed by atoms with E-state index in [2.05, 4.69) is 13.5 Å². The first-order valence-corrected chi connectivity index (χ1v) is 10.6. The van der Waals surface area contributed by atoms with Gasteiger partial charge in [0.15, 0.2) is 0 Å². The lowest BCUT2D eigenvalue weighted by Crippen LogP contribution is -2.43. The second kappa shape index (κ2) is 4.91. The maximum absolute atomic E-state index is 13.2. The van der Waals surface area contributed by atoms with Gasteiger partial charge in [0.25, 0.3) is 0 Å². The zero-order valence-corrected chi connectivity index (χ0v) is 15.3. The fourth-order valence-corrected chi connectivity index (χ4v) is 8.13. The van der Waals surface area contributed by atoms with Gasteiger partial charge < -0.3 is 9.47 Å². The molecular formula is C22H30O3. The van der Waals surface area contributed by atoms with Crippen molar-refractivity contribution in [2.45, 2.75) is 76.1 Å². The third kappa shape index (κ3) is 1.89. The Balaban J connectivity index is 1.22. The van der Waals surface area contributed by atoms with E-state index in [-0.39, 0.29) is 17.5 Å². The second-order valence-electron chi connectivity index (χ2n) is 10.0. The number of esters is 1. The fourth-order valence-electron chi connectivity index (χ4n) is 8.13. The van der Waals surface area contributed by atoms with Crippen LogP contribution in [0.25, 0.3) is 0 Å². The molecule has 0 amide bonds. The molecule has 3 nitrogen and oxygen atoms in total. The van der Waals surface area contributed by atoms with Gasteiger partial charge in [0.2, 0.25) is 0 Å². The van der Waals surface area contributed by atoms with Crippen molar-refractivity contribution in [3.63, 3.8) is 0 Å². The largest absolute Gasteiger partial charge is 0.454 e. The third-order valence-electron chi connectivity index (χ3n) is 9.11. The monoisotopic (exact) mass is 342 g/mol. The van der Waals surface area contributed by atoms with Gasteiger partial charge in [-0.05, 0) is 93.0 Å². The third-order valence-corrected chi connectivity index (χ3v) is 9.11. The number of rotatable bonds is 3. The maximum Gasteiger partial charge on any atom is 0.310 e. The van der Waals surface area contributed by atoms with Gasteiger partial charge in [-0.25, -0.2) is 0 Å². The predicted octanol–water partition coefficient (Wildman–Crippen LogP) is 4.11. The molecule has 6 rings (SSSR count). The second-order valence-corrected chi connectivity index (χ2v) is 10.0. The molecule has 1 heterocycles. The predicted molar refractivity (Wildman–Crippen MR) is 93.7 cm³/mol. The molecule has 1 saturated heterocycles. The maximum atomic E-state index is 13.2. The molecule has 3 heteroatoms. The number of epoxide rings is 1. The summed E-state index contributed by atoms with van der Waals surface area (Å²) < 4.78 is 12.2.